The quantitative estimate of drug-likeness (QED) is 0.266. The number of carbonyl (C=O) groups excluding carboxylic acids is 1. The minimum Gasteiger partial charge on any atom is -0.505 e. The molecule has 0 fully saturated rings. The van der Waals surface area contributed by atoms with Crippen molar-refractivity contribution in [2.24, 2.45) is 0 Å². The molecular formula is C10H19NO3. The third-order valence-corrected chi connectivity index (χ3v) is 1.53. The van der Waals surface area contributed by atoms with E-state index in [9.17, 15) is 4.79 Å². The van der Waals surface area contributed by atoms with Crippen molar-refractivity contribution >= 4 is 6.29 Å². The van der Waals surface area contributed by atoms with Crippen molar-refractivity contribution in [2.75, 3.05) is 19.7 Å². The maximum absolute atomic E-state index is 9.98. The lowest BCUT2D eigenvalue weighted by atomic mass is 10.4. The number of hydrogen-bond acceptors (Lipinski definition) is 4. The van der Waals surface area contributed by atoms with E-state index in [1.165, 1.54) is 6.08 Å². The zero-order valence-corrected chi connectivity index (χ0v) is 8.82. The van der Waals surface area contributed by atoms with Gasteiger partial charge < -0.3 is 15.2 Å². The molecule has 0 saturated heterocycles. The molecule has 0 bridgehead atoms. The summed E-state index contributed by atoms with van der Waals surface area (Å²) >= 11 is 0. The standard InChI is InChI=1S/C10H19NO3/c1-9(2)14-7-3-5-11-6-4-10(13)8-12/h4,8-9,11,13H,3,5-7H2,1-2H3/b10-4-. The molecule has 2 N–H and O–H groups in total. The van der Waals surface area contributed by atoms with Crippen LogP contribution in [0, 0.1) is 0 Å². The van der Waals surface area contributed by atoms with Crippen LogP contribution in [0.1, 0.15) is 20.3 Å². The fourth-order valence-electron chi connectivity index (χ4n) is 0.843. The van der Waals surface area contributed by atoms with Crippen LogP contribution in [0.3, 0.4) is 0 Å². The summed E-state index contributed by atoms with van der Waals surface area (Å²) in [6.45, 7) is 6.05. The molecule has 0 aliphatic carbocycles. The zero-order valence-electron chi connectivity index (χ0n) is 8.82. The average Bonchev–Trinajstić information content (AvgIpc) is 2.15. The summed E-state index contributed by atoms with van der Waals surface area (Å²) < 4.78 is 5.33. The molecular weight excluding hydrogens is 182 g/mol. The number of allylic oxidation sites excluding steroid dienone is 1. The Morgan fingerprint density at radius 1 is 1.57 bits per heavy atom. The third kappa shape index (κ3) is 9.22. The van der Waals surface area contributed by atoms with Crippen molar-refractivity contribution < 1.29 is 14.6 Å². The van der Waals surface area contributed by atoms with Gasteiger partial charge in [0.1, 0.15) is 0 Å². The maximum atomic E-state index is 9.98. The summed E-state index contributed by atoms with van der Waals surface area (Å²) in [4.78, 5) is 9.98. The Bertz CT molecular complexity index is 178. The van der Waals surface area contributed by atoms with E-state index in [4.69, 9.17) is 9.84 Å². The van der Waals surface area contributed by atoms with Crippen molar-refractivity contribution in [3.8, 4) is 0 Å². The number of ether oxygens (including phenoxy) is 1. The van der Waals surface area contributed by atoms with E-state index in [1.807, 2.05) is 13.8 Å². The van der Waals surface area contributed by atoms with E-state index in [-0.39, 0.29) is 11.9 Å². The second-order valence-corrected chi connectivity index (χ2v) is 3.22. The predicted octanol–water partition coefficient (Wildman–Crippen LogP) is 1.03. The Labute approximate surface area is 85.0 Å². The van der Waals surface area contributed by atoms with Gasteiger partial charge in [0.15, 0.2) is 12.0 Å². The van der Waals surface area contributed by atoms with Crippen LogP contribution in [0.25, 0.3) is 0 Å². The van der Waals surface area contributed by atoms with Crippen molar-refractivity contribution in [3.63, 3.8) is 0 Å². The molecule has 14 heavy (non-hydrogen) atoms. The van der Waals surface area contributed by atoms with E-state index >= 15 is 0 Å². The van der Waals surface area contributed by atoms with E-state index in [1.54, 1.807) is 0 Å². The molecule has 0 aliphatic heterocycles. The van der Waals surface area contributed by atoms with E-state index < -0.39 is 0 Å². The Morgan fingerprint density at radius 3 is 2.86 bits per heavy atom. The number of aliphatic hydroxyl groups excluding tert-OH is 1. The van der Waals surface area contributed by atoms with Gasteiger partial charge >= 0.3 is 0 Å². The fraction of sp³-hybridized carbons (Fsp3) is 0.700. The first kappa shape index (κ1) is 13.1. The first-order chi connectivity index (χ1) is 6.66. The van der Waals surface area contributed by atoms with Gasteiger partial charge in [-0.25, -0.2) is 0 Å². The Hall–Kier alpha value is -0.870. The van der Waals surface area contributed by atoms with E-state index in [0.717, 1.165) is 19.6 Å². The van der Waals surface area contributed by atoms with Crippen molar-refractivity contribution in [3.05, 3.63) is 11.8 Å². The second-order valence-electron chi connectivity index (χ2n) is 3.22. The summed E-state index contributed by atoms with van der Waals surface area (Å²) in [6.07, 6.45) is 3.06. The van der Waals surface area contributed by atoms with Gasteiger partial charge in [0.25, 0.3) is 0 Å². The second kappa shape index (κ2) is 8.72. The lowest BCUT2D eigenvalue weighted by Crippen LogP contribution is -2.18. The molecule has 0 saturated carbocycles. The van der Waals surface area contributed by atoms with Crippen molar-refractivity contribution in [1.82, 2.24) is 5.32 Å². The van der Waals surface area contributed by atoms with Gasteiger partial charge in [-0.1, -0.05) is 0 Å². The highest BCUT2D eigenvalue weighted by atomic mass is 16.5. The number of aliphatic hydroxyl groups is 1. The molecule has 0 radical (unpaired) electrons. The smallest absolute Gasteiger partial charge is 0.184 e. The number of nitrogens with one attached hydrogen (secondary N) is 1. The fourth-order valence-corrected chi connectivity index (χ4v) is 0.843. The van der Waals surface area contributed by atoms with Gasteiger partial charge in [0.05, 0.1) is 6.10 Å². The molecule has 4 heteroatoms. The Kier molecular flexibility index (Phi) is 8.17. The van der Waals surface area contributed by atoms with Gasteiger partial charge in [-0.05, 0) is 32.9 Å². The first-order valence-corrected chi connectivity index (χ1v) is 4.83. The minimum atomic E-state index is -0.226. The van der Waals surface area contributed by atoms with Crippen LogP contribution >= 0.6 is 0 Å². The summed E-state index contributed by atoms with van der Waals surface area (Å²) in [7, 11) is 0. The molecule has 0 unspecified atom stereocenters. The van der Waals surface area contributed by atoms with Gasteiger partial charge in [0, 0.05) is 13.2 Å². The minimum absolute atomic E-state index is 0.226. The summed E-state index contributed by atoms with van der Waals surface area (Å²) in [5.41, 5.74) is 0. The maximum Gasteiger partial charge on any atom is 0.184 e. The molecule has 4 nitrogen and oxygen atoms in total. The molecule has 0 spiro atoms. The van der Waals surface area contributed by atoms with Crippen LogP contribution in [0.5, 0.6) is 0 Å². The number of aldehydes is 1. The predicted molar refractivity (Wildman–Crippen MR) is 55.4 cm³/mol. The van der Waals surface area contributed by atoms with Crippen LogP contribution in [-0.2, 0) is 9.53 Å². The molecule has 0 aromatic rings. The van der Waals surface area contributed by atoms with Gasteiger partial charge in [-0.3, -0.25) is 4.79 Å². The van der Waals surface area contributed by atoms with Gasteiger partial charge in [0.2, 0.25) is 0 Å². The summed E-state index contributed by atoms with van der Waals surface area (Å²) in [6, 6.07) is 0. The number of rotatable bonds is 8. The first-order valence-electron chi connectivity index (χ1n) is 4.83. The highest BCUT2D eigenvalue weighted by Crippen LogP contribution is 1.89. The highest BCUT2D eigenvalue weighted by molar-refractivity contribution is 5.69. The van der Waals surface area contributed by atoms with Crippen LogP contribution in [0.2, 0.25) is 0 Å². The molecule has 0 aromatic heterocycles. The van der Waals surface area contributed by atoms with Crippen LogP contribution < -0.4 is 5.32 Å². The van der Waals surface area contributed by atoms with Crippen LogP contribution in [-0.4, -0.2) is 37.2 Å². The van der Waals surface area contributed by atoms with Crippen LogP contribution in [0.4, 0.5) is 0 Å². The normalized spacial score (nSPS) is 12.1. The summed E-state index contributed by atoms with van der Waals surface area (Å²) in [5.74, 6) is -0.226. The van der Waals surface area contributed by atoms with Crippen molar-refractivity contribution in [2.45, 2.75) is 26.4 Å². The lowest BCUT2D eigenvalue weighted by Gasteiger charge is -2.06. The number of carbonyl (C=O) groups is 1. The molecule has 0 aromatic carbocycles. The van der Waals surface area contributed by atoms with E-state index in [2.05, 4.69) is 5.32 Å². The number of hydrogen-bond donors (Lipinski definition) is 2. The monoisotopic (exact) mass is 201 g/mol. The van der Waals surface area contributed by atoms with E-state index in [0.29, 0.717) is 12.8 Å². The van der Waals surface area contributed by atoms with Crippen molar-refractivity contribution in [1.29, 1.82) is 0 Å². The molecule has 82 valence electrons. The topological polar surface area (TPSA) is 58.6 Å². The molecule has 0 atom stereocenters. The molecule has 0 heterocycles. The summed E-state index contributed by atoms with van der Waals surface area (Å²) in [5, 5.41) is 11.8. The molecule has 0 amide bonds. The molecule has 0 aliphatic rings. The Morgan fingerprint density at radius 2 is 2.29 bits per heavy atom. The third-order valence-electron chi connectivity index (χ3n) is 1.53. The lowest BCUT2D eigenvalue weighted by molar-refractivity contribution is -0.107. The van der Waals surface area contributed by atoms with Crippen LogP contribution in [0.15, 0.2) is 11.8 Å². The van der Waals surface area contributed by atoms with Gasteiger partial charge in [-0.2, -0.15) is 0 Å². The highest BCUT2D eigenvalue weighted by Gasteiger charge is 1.92. The SMILES string of the molecule is CC(C)OCCCNC/C=C(\O)C=O. The molecule has 0 rings (SSSR count). The average molecular weight is 201 g/mol. The Balaban J connectivity index is 3.18. The zero-order chi connectivity index (χ0) is 10.8. The van der Waals surface area contributed by atoms with Gasteiger partial charge in [-0.15, -0.1) is 0 Å². The largest absolute Gasteiger partial charge is 0.505 e.